The number of ether oxygens (including phenoxy) is 3. The van der Waals surface area contributed by atoms with Gasteiger partial charge in [-0.2, -0.15) is 0 Å². The van der Waals surface area contributed by atoms with Gasteiger partial charge in [-0.05, 0) is 50.4 Å². The molecule has 2 aliphatic heterocycles. The highest BCUT2D eigenvalue weighted by Crippen LogP contribution is 2.72. The van der Waals surface area contributed by atoms with Crippen molar-refractivity contribution in [3.63, 3.8) is 0 Å². The Morgan fingerprint density at radius 3 is 2.59 bits per heavy atom. The molecule has 0 amide bonds. The number of epoxide rings is 1. The van der Waals surface area contributed by atoms with Crippen molar-refractivity contribution >= 4 is 11.9 Å². The molecule has 5 aliphatic rings. The van der Waals surface area contributed by atoms with Crippen LogP contribution >= 0.6 is 0 Å². The second-order valence-corrected chi connectivity index (χ2v) is 10.3. The van der Waals surface area contributed by atoms with E-state index in [-0.39, 0.29) is 46.7 Å². The fraction of sp³-hybridized carbons (Fsp3) is 0.818. The topological polar surface area (TPSA) is 65.1 Å². The third-order valence-electron chi connectivity index (χ3n) is 8.78. The van der Waals surface area contributed by atoms with E-state index in [0.717, 1.165) is 43.3 Å². The summed E-state index contributed by atoms with van der Waals surface area (Å²) in [5.74, 6) is 0.501. The number of rotatable bonds is 1. The van der Waals surface area contributed by atoms with Crippen molar-refractivity contribution in [3.8, 4) is 0 Å². The van der Waals surface area contributed by atoms with Crippen LogP contribution in [0.25, 0.3) is 0 Å². The van der Waals surface area contributed by atoms with Gasteiger partial charge in [-0.25, -0.2) is 4.79 Å². The quantitative estimate of drug-likeness (QED) is 0.519. The van der Waals surface area contributed by atoms with Crippen molar-refractivity contribution in [2.45, 2.75) is 90.6 Å². The average Bonchev–Trinajstić information content (AvgIpc) is 3.22. The Bertz CT molecular complexity index is 767. The summed E-state index contributed by atoms with van der Waals surface area (Å²) in [6.07, 6.45) is 4.84. The average molecular weight is 374 g/mol. The van der Waals surface area contributed by atoms with Crippen LogP contribution in [0.2, 0.25) is 0 Å². The van der Waals surface area contributed by atoms with E-state index in [1.54, 1.807) is 0 Å². The van der Waals surface area contributed by atoms with E-state index in [4.69, 9.17) is 14.2 Å². The molecule has 0 aromatic heterocycles. The normalized spacial score (nSPS) is 49.4. The van der Waals surface area contributed by atoms with E-state index in [1.807, 2.05) is 6.92 Å². The van der Waals surface area contributed by atoms with Crippen molar-refractivity contribution < 1.29 is 23.8 Å². The number of esters is 2. The van der Waals surface area contributed by atoms with Gasteiger partial charge < -0.3 is 14.2 Å². The van der Waals surface area contributed by atoms with Crippen LogP contribution in [0.1, 0.15) is 66.7 Å². The summed E-state index contributed by atoms with van der Waals surface area (Å²) in [5.41, 5.74) is 1.83. The molecule has 7 atom stereocenters. The maximum Gasteiger partial charge on any atom is 0.334 e. The summed E-state index contributed by atoms with van der Waals surface area (Å²) < 4.78 is 17.8. The lowest BCUT2D eigenvalue weighted by Gasteiger charge is -2.61. The lowest BCUT2D eigenvalue weighted by molar-refractivity contribution is -0.187. The molecule has 1 spiro atoms. The van der Waals surface area contributed by atoms with Crippen molar-refractivity contribution in [2.75, 3.05) is 0 Å². The van der Waals surface area contributed by atoms with Crippen LogP contribution in [0.3, 0.4) is 0 Å². The second-order valence-electron chi connectivity index (χ2n) is 10.3. The van der Waals surface area contributed by atoms with Crippen LogP contribution in [0.5, 0.6) is 0 Å². The molecular weight excluding hydrogens is 344 g/mol. The number of hydrogen-bond acceptors (Lipinski definition) is 5. The maximum absolute atomic E-state index is 12.1. The minimum atomic E-state index is -0.185. The summed E-state index contributed by atoms with van der Waals surface area (Å²) in [6.45, 7) is 10.3. The highest BCUT2D eigenvalue weighted by molar-refractivity contribution is 5.92. The molecule has 7 unspecified atom stereocenters. The first kappa shape index (κ1) is 17.7. The van der Waals surface area contributed by atoms with Crippen molar-refractivity contribution in [3.05, 3.63) is 11.1 Å². The van der Waals surface area contributed by atoms with Crippen molar-refractivity contribution in [2.24, 2.45) is 22.7 Å². The number of fused-ring (bicyclic) bond motifs is 4. The highest BCUT2D eigenvalue weighted by atomic mass is 16.6. The van der Waals surface area contributed by atoms with Crippen LogP contribution in [0.4, 0.5) is 0 Å². The van der Waals surface area contributed by atoms with Gasteiger partial charge in [-0.1, -0.05) is 20.8 Å². The first-order valence-electron chi connectivity index (χ1n) is 10.4. The van der Waals surface area contributed by atoms with E-state index >= 15 is 0 Å². The van der Waals surface area contributed by atoms with Gasteiger partial charge in [0, 0.05) is 29.4 Å². The van der Waals surface area contributed by atoms with Gasteiger partial charge in [-0.3, -0.25) is 4.79 Å². The number of carbonyl (C=O) groups excluding carboxylic acids is 2. The first-order valence-corrected chi connectivity index (χ1v) is 10.4. The molecule has 0 radical (unpaired) electrons. The minimum absolute atomic E-state index is 0.0244. The van der Waals surface area contributed by atoms with E-state index < -0.39 is 0 Å². The minimum Gasteiger partial charge on any atom is -0.462 e. The van der Waals surface area contributed by atoms with Gasteiger partial charge in [-0.15, -0.1) is 0 Å². The van der Waals surface area contributed by atoms with Crippen molar-refractivity contribution in [1.82, 2.24) is 0 Å². The van der Waals surface area contributed by atoms with Crippen LogP contribution in [0.15, 0.2) is 11.1 Å². The molecule has 4 fully saturated rings. The van der Waals surface area contributed by atoms with Gasteiger partial charge in [0.1, 0.15) is 23.9 Å². The third kappa shape index (κ3) is 2.10. The highest BCUT2D eigenvalue weighted by Gasteiger charge is 2.75. The monoisotopic (exact) mass is 374 g/mol. The molecule has 5 rings (SSSR count). The number of hydrogen-bond donors (Lipinski definition) is 0. The Labute approximate surface area is 160 Å². The van der Waals surface area contributed by atoms with Crippen LogP contribution in [-0.2, 0) is 23.8 Å². The predicted octanol–water partition coefficient (Wildman–Crippen LogP) is 3.55. The maximum atomic E-state index is 12.1. The molecular formula is C22H30O5. The van der Waals surface area contributed by atoms with Crippen LogP contribution < -0.4 is 0 Å². The Hall–Kier alpha value is -1.36. The molecule has 5 heteroatoms. The van der Waals surface area contributed by atoms with E-state index in [9.17, 15) is 9.59 Å². The lowest BCUT2D eigenvalue weighted by atomic mass is 9.43. The summed E-state index contributed by atoms with van der Waals surface area (Å²) >= 11 is 0. The fourth-order valence-electron chi connectivity index (χ4n) is 7.53. The standard InChI is InChI=1S/C22H30O5/c1-11-17-13(26-19(11)24)10-15-21(5)8-7-16(25-12(2)23)20(3,4)14(21)6-9-22(15)18(17)27-22/h13-16,18H,6-10H2,1-5H3. The van der Waals surface area contributed by atoms with Crippen LogP contribution in [0, 0.1) is 22.7 Å². The summed E-state index contributed by atoms with van der Waals surface area (Å²) in [7, 11) is 0. The summed E-state index contributed by atoms with van der Waals surface area (Å²) in [4.78, 5) is 23.8. The smallest absolute Gasteiger partial charge is 0.334 e. The van der Waals surface area contributed by atoms with E-state index in [1.165, 1.54) is 6.92 Å². The molecule has 0 aromatic rings. The zero-order valence-corrected chi connectivity index (χ0v) is 17.0. The molecule has 0 N–H and O–H groups in total. The molecule has 0 bridgehead atoms. The largest absolute Gasteiger partial charge is 0.462 e. The molecule has 3 saturated carbocycles. The van der Waals surface area contributed by atoms with Gasteiger partial charge in [0.15, 0.2) is 0 Å². The lowest BCUT2D eigenvalue weighted by Crippen LogP contribution is -2.61. The zero-order chi connectivity index (χ0) is 19.4. The molecule has 2 heterocycles. The molecule has 3 aliphatic carbocycles. The van der Waals surface area contributed by atoms with E-state index in [2.05, 4.69) is 20.8 Å². The predicted molar refractivity (Wildman–Crippen MR) is 97.7 cm³/mol. The van der Waals surface area contributed by atoms with Gasteiger partial charge >= 0.3 is 11.9 Å². The summed E-state index contributed by atoms with van der Waals surface area (Å²) in [6, 6.07) is 0. The van der Waals surface area contributed by atoms with E-state index in [0.29, 0.717) is 11.8 Å². The Balaban J connectivity index is 1.49. The Morgan fingerprint density at radius 2 is 1.89 bits per heavy atom. The summed E-state index contributed by atoms with van der Waals surface area (Å²) in [5, 5.41) is 0. The van der Waals surface area contributed by atoms with Gasteiger partial charge in [0.2, 0.25) is 0 Å². The molecule has 5 nitrogen and oxygen atoms in total. The van der Waals surface area contributed by atoms with Gasteiger partial charge in [0.05, 0.1) is 0 Å². The first-order chi connectivity index (χ1) is 12.6. The second kappa shape index (κ2) is 5.16. The molecule has 0 aromatic carbocycles. The van der Waals surface area contributed by atoms with Gasteiger partial charge in [0.25, 0.3) is 0 Å². The zero-order valence-electron chi connectivity index (χ0n) is 17.0. The fourth-order valence-corrected chi connectivity index (χ4v) is 7.53. The SMILES string of the molecule is CC(=O)OC1CCC2(C)C(CCC34OC3C3=C(C)C(=O)OC3CC24)C1(C)C. The Kier molecular flexibility index (Phi) is 3.39. The number of carbonyl (C=O) groups is 2. The van der Waals surface area contributed by atoms with Crippen molar-refractivity contribution in [1.29, 1.82) is 0 Å². The molecule has 148 valence electrons. The molecule has 1 saturated heterocycles. The molecule has 27 heavy (non-hydrogen) atoms. The van der Waals surface area contributed by atoms with Crippen LogP contribution in [-0.4, -0.2) is 35.9 Å². The third-order valence-corrected chi connectivity index (χ3v) is 8.78. The Morgan fingerprint density at radius 1 is 1.15 bits per heavy atom.